The Morgan fingerprint density at radius 3 is 1.22 bits per heavy atom. The van der Waals surface area contributed by atoms with E-state index in [0.717, 1.165) is 38.9 Å². The van der Waals surface area contributed by atoms with Crippen molar-refractivity contribution < 1.29 is 9.22 Å². The van der Waals surface area contributed by atoms with Crippen LogP contribution in [-0.2, 0) is 21.9 Å². The Bertz CT molecular complexity index is 2110. The highest BCUT2D eigenvalue weighted by Crippen LogP contribution is 2.45. The number of carbonyl (C=O) groups excluding carboxylic acids is 1. The zero-order valence-corrected chi connectivity index (χ0v) is 32.7. The minimum atomic E-state index is -2.24. The molecule has 7 rings (SSSR count). The smallest absolute Gasteiger partial charge is 0.319 e. The van der Waals surface area contributed by atoms with E-state index in [1.807, 2.05) is 66.7 Å². The van der Waals surface area contributed by atoms with Gasteiger partial charge in [-0.05, 0) is 77.1 Å². The van der Waals surface area contributed by atoms with Crippen molar-refractivity contribution in [1.82, 2.24) is 5.32 Å². The summed E-state index contributed by atoms with van der Waals surface area (Å²) < 4.78 is 7.36. The second-order valence-electron chi connectivity index (χ2n) is 14.9. The van der Waals surface area contributed by atoms with Crippen molar-refractivity contribution in [3.8, 4) is 0 Å². The first kappa shape index (κ1) is 37.3. The van der Waals surface area contributed by atoms with Crippen LogP contribution in [0.25, 0.3) is 0 Å². The molecule has 0 aromatic heterocycles. The number of urea groups is 1. The average molecular weight is 737 g/mol. The second-order valence-corrected chi connectivity index (χ2v) is 19.4. The number of hydrogen-bond acceptors (Lipinski definition) is 2. The van der Waals surface area contributed by atoms with Crippen LogP contribution in [-0.4, -0.2) is 20.4 Å². The Balaban J connectivity index is 1.28. The van der Waals surface area contributed by atoms with Gasteiger partial charge in [-0.1, -0.05) is 194 Å². The molecule has 0 spiro atoms. The zero-order chi connectivity index (χ0) is 38.1. The molecule has 0 aliphatic heterocycles. The van der Waals surface area contributed by atoms with Gasteiger partial charge in [0.25, 0.3) is 0 Å². The van der Waals surface area contributed by atoms with Crippen molar-refractivity contribution in [1.29, 1.82) is 0 Å². The van der Waals surface area contributed by atoms with Crippen molar-refractivity contribution in [3.63, 3.8) is 0 Å². The number of benzene rings is 7. The van der Waals surface area contributed by atoms with Crippen LogP contribution in [0.2, 0.25) is 19.6 Å². The standard InChI is InChI=1S/C50H48N2O2Si/c1-55(2,3)54-50(44-30-18-8-19-31-44,45-32-20-9-21-33-45)47(38-39-22-10-4-11-23-39)52-48(53)51-46-36-34-43(35-37-46)49(40-24-12-5-13-25-40,41-26-14-6-15-27-41)42-28-16-7-17-29-42/h4-37,47H,38H2,1-3H3,(H2,51,52,53)/t47-/m0/s1. The number of rotatable bonds is 13. The first-order valence-electron chi connectivity index (χ1n) is 19.0. The molecule has 7 aromatic carbocycles. The van der Waals surface area contributed by atoms with Crippen LogP contribution in [0.4, 0.5) is 10.5 Å². The minimum Gasteiger partial charge on any atom is -0.402 e. The minimum absolute atomic E-state index is 0.301. The third-order valence-electron chi connectivity index (χ3n) is 10.1. The lowest BCUT2D eigenvalue weighted by molar-refractivity contribution is 0.0607. The summed E-state index contributed by atoms with van der Waals surface area (Å²) in [4.78, 5) is 14.4. The summed E-state index contributed by atoms with van der Waals surface area (Å²) in [5.41, 5.74) is 6.82. The van der Waals surface area contributed by atoms with Gasteiger partial charge in [0.2, 0.25) is 0 Å². The predicted molar refractivity (Wildman–Crippen MR) is 229 cm³/mol. The maximum atomic E-state index is 14.4. The maximum Gasteiger partial charge on any atom is 0.319 e. The van der Waals surface area contributed by atoms with Gasteiger partial charge in [-0.2, -0.15) is 0 Å². The molecule has 274 valence electrons. The van der Waals surface area contributed by atoms with Crippen molar-refractivity contribution in [2.24, 2.45) is 0 Å². The highest BCUT2D eigenvalue weighted by Gasteiger charge is 2.47. The molecule has 0 fully saturated rings. The molecule has 0 saturated heterocycles. The summed E-state index contributed by atoms with van der Waals surface area (Å²) >= 11 is 0. The molecule has 0 aliphatic carbocycles. The fourth-order valence-electron chi connectivity index (χ4n) is 7.95. The van der Waals surface area contributed by atoms with Gasteiger partial charge in [-0.25, -0.2) is 4.79 Å². The molecule has 0 saturated carbocycles. The summed E-state index contributed by atoms with van der Waals surface area (Å²) in [6, 6.07) is 70.4. The fourth-order valence-corrected chi connectivity index (χ4v) is 9.30. The third-order valence-corrected chi connectivity index (χ3v) is 11.1. The van der Waals surface area contributed by atoms with Gasteiger partial charge in [-0.15, -0.1) is 0 Å². The largest absolute Gasteiger partial charge is 0.402 e. The summed E-state index contributed by atoms with van der Waals surface area (Å²) in [6.07, 6.45) is 0.551. The van der Waals surface area contributed by atoms with Crippen LogP contribution in [0, 0.1) is 0 Å². The van der Waals surface area contributed by atoms with Gasteiger partial charge in [-0.3, -0.25) is 0 Å². The quantitative estimate of drug-likeness (QED) is 0.0915. The van der Waals surface area contributed by atoms with E-state index >= 15 is 0 Å². The van der Waals surface area contributed by atoms with Crippen molar-refractivity contribution in [2.75, 3.05) is 5.32 Å². The first-order chi connectivity index (χ1) is 26.8. The molecule has 4 nitrogen and oxygen atoms in total. The summed E-state index contributed by atoms with van der Waals surface area (Å²) in [5, 5.41) is 6.64. The monoisotopic (exact) mass is 736 g/mol. The number of amides is 2. The zero-order valence-electron chi connectivity index (χ0n) is 31.7. The number of anilines is 1. The van der Waals surface area contributed by atoms with Crippen LogP contribution >= 0.6 is 0 Å². The topological polar surface area (TPSA) is 50.4 Å². The van der Waals surface area contributed by atoms with Crippen molar-refractivity contribution >= 4 is 20.0 Å². The van der Waals surface area contributed by atoms with Crippen LogP contribution in [0.1, 0.15) is 38.9 Å². The third kappa shape index (κ3) is 8.09. The molecule has 2 N–H and O–H groups in total. The van der Waals surface area contributed by atoms with E-state index in [-0.39, 0.29) is 6.03 Å². The van der Waals surface area contributed by atoms with E-state index in [1.165, 1.54) is 0 Å². The molecule has 0 bridgehead atoms. The molecular weight excluding hydrogens is 689 g/mol. The van der Waals surface area contributed by atoms with E-state index in [1.54, 1.807) is 0 Å². The molecule has 7 aromatic rings. The second kappa shape index (κ2) is 16.6. The Morgan fingerprint density at radius 1 is 0.491 bits per heavy atom. The highest BCUT2D eigenvalue weighted by molar-refractivity contribution is 6.69. The molecule has 0 heterocycles. The van der Waals surface area contributed by atoms with Crippen LogP contribution in [0.5, 0.6) is 0 Å². The van der Waals surface area contributed by atoms with Gasteiger partial charge in [0.1, 0.15) is 5.60 Å². The summed E-state index contributed by atoms with van der Waals surface area (Å²) in [6.45, 7) is 6.61. The van der Waals surface area contributed by atoms with E-state index in [0.29, 0.717) is 12.1 Å². The Kier molecular flexibility index (Phi) is 11.2. The van der Waals surface area contributed by atoms with Crippen LogP contribution in [0.15, 0.2) is 206 Å². The Hall–Kier alpha value is -6.01. The fraction of sp³-hybridized carbons (Fsp3) is 0.140. The van der Waals surface area contributed by atoms with Gasteiger partial charge in [0, 0.05) is 5.69 Å². The summed E-state index contributed by atoms with van der Waals surface area (Å²) in [7, 11) is -2.24. The first-order valence-corrected chi connectivity index (χ1v) is 22.4. The number of nitrogens with one attached hydrogen (secondary N) is 2. The molecule has 1 atom stereocenters. The molecular formula is C50H48N2O2Si. The van der Waals surface area contributed by atoms with E-state index in [2.05, 4.69) is 170 Å². The molecule has 55 heavy (non-hydrogen) atoms. The van der Waals surface area contributed by atoms with Gasteiger partial charge in [0.15, 0.2) is 8.32 Å². The van der Waals surface area contributed by atoms with E-state index in [4.69, 9.17) is 4.43 Å². The lowest BCUT2D eigenvalue weighted by Crippen LogP contribution is -2.58. The lowest BCUT2D eigenvalue weighted by Gasteiger charge is -2.46. The average Bonchev–Trinajstić information content (AvgIpc) is 3.22. The van der Waals surface area contributed by atoms with E-state index in [9.17, 15) is 4.79 Å². The normalized spacial score (nSPS) is 12.4. The summed E-state index contributed by atoms with van der Waals surface area (Å²) in [5.74, 6) is 0. The molecule has 0 aliphatic rings. The molecule has 0 unspecified atom stereocenters. The van der Waals surface area contributed by atoms with Crippen molar-refractivity contribution in [3.05, 3.63) is 245 Å². The van der Waals surface area contributed by atoms with Crippen LogP contribution in [0.3, 0.4) is 0 Å². The number of hydrogen-bond donors (Lipinski definition) is 2. The maximum absolute atomic E-state index is 14.4. The van der Waals surface area contributed by atoms with Gasteiger partial charge >= 0.3 is 6.03 Å². The molecule has 2 amide bonds. The highest BCUT2D eigenvalue weighted by atomic mass is 28.4. The Morgan fingerprint density at radius 2 is 0.836 bits per heavy atom. The molecule has 0 radical (unpaired) electrons. The number of carbonyl (C=O) groups is 1. The molecule has 5 heteroatoms. The predicted octanol–water partition coefficient (Wildman–Crippen LogP) is 11.6. The van der Waals surface area contributed by atoms with Crippen molar-refractivity contribution in [2.45, 2.75) is 43.1 Å². The SMILES string of the molecule is C[Si](C)(C)OC(c1ccccc1)(c1ccccc1)[C@H](Cc1ccccc1)NC(=O)Nc1ccc(C(c2ccccc2)(c2ccccc2)c2ccccc2)cc1. The lowest BCUT2D eigenvalue weighted by atomic mass is 9.65. The van der Waals surface area contributed by atoms with Crippen LogP contribution < -0.4 is 10.6 Å². The Labute approximate surface area is 327 Å². The van der Waals surface area contributed by atoms with Gasteiger partial charge in [0.05, 0.1) is 11.5 Å². The van der Waals surface area contributed by atoms with Gasteiger partial charge < -0.3 is 15.1 Å². The van der Waals surface area contributed by atoms with E-state index < -0.39 is 25.4 Å².